The van der Waals surface area contributed by atoms with E-state index >= 15 is 0 Å². The van der Waals surface area contributed by atoms with Crippen molar-refractivity contribution < 1.29 is 10.1 Å². The first-order valence-electron chi connectivity index (χ1n) is 3.77. The summed E-state index contributed by atoms with van der Waals surface area (Å²) >= 11 is 0. The highest BCUT2D eigenvalue weighted by molar-refractivity contribution is 5.90. The molecular weight excluding hydrogens is 153 g/mol. The van der Waals surface area contributed by atoms with Gasteiger partial charge in [0.2, 0.25) is 0 Å². The molecule has 2 rings (SSSR count). The largest absolute Gasteiger partial charge is 0.325 e. The molecule has 2 aromatic rings. The minimum atomic E-state index is -0.201. The van der Waals surface area contributed by atoms with E-state index in [4.69, 9.17) is 0 Å². The molecule has 60 valence electrons. The third-order valence-electron chi connectivity index (χ3n) is 1.93. The molecule has 0 bridgehead atoms. The predicted octanol–water partition coefficient (Wildman–Crippen LogP) is 1.85. The molecule has 0 unspecified atom stereocenters. The Labute approximate surface area is 69.6 Å². The summed E-state index contributed by atoms with van der Waals surface area (Å²) in [6, 6.07) is 10.4. The van der Waals surface area contributed by atoms with E-state index in [-0.39, 0.29) is 5.82 Å². The number of benzene rings is 2. The highest BCUT2D eigenvalue weighted by atomic mass is 19.1. The first-order chi connectivity index (χ1) is 5.77. The standard InChI is InChI=1S/C10H8FN/c11-8-4-5-9-7(6-8)2-1-3-10(9)12/h1-6H,12H2/p+1. The van der Waals surface area contributed by atoms with Crippen molar-refractivity contribution in [3.05, 3.63) is 42.2 Å². The maximum Gasteiger partial charge on any atom is 0.135 e. The molecule has 0 radical (unpaired) electrons. The van der Waals surface area contributed by atoms with Gasteiger partial charge in [-0.3, -0.25) is 0 Å². The number of quaternary nitrogens is 1. The Morgan fingerprint density at radius 3 is 2.75 bits per heavy atom. The van der Waals surface area contributed by atoms with Crippen LogP contribution in [0.2, 0.25) is 0 Å². The Morgan fingerprint density at radius 2 is 1.92 bits per heavy atom. The van der Waals surface area contributed by atoms with Crippen molar-refractivity contribution in [3.63, 3.8) is 0 Å². The summed E-state index contributed by atoms with van der Waals surface area (Å²) in [6.45, 7) is 0. The smallest absolute Gasteiger partial charge is 0.135 e. The first kappa shape index (κ1) is 7.25. The number of hydrogen-bond donors (Lipinski definition) is 1. The van der Waals surface area contributed by atoms with E-state index in [1.165, 1.54) is 12.1 Å². The number of hydrogen-bond acceptors (Lipinski definition) is 0. The SMILES string of the molecule is [NH3+]c1cccc2cc(F)ccc12. The molecule has 1 nitrogen and oxygen atoms in total. The zero-order valence-electron chi connectivity index (χ0n) is 6.55. The molecule has 2 aromatic carbocycles. The van der Waals surface area contributed by atoms with E-state index in [2.05, 4.69) is 5.73 Å². The molecule has 0 aliphatic heterocycles. The topological polar surface area (TPSA) is 27.6 Å². The summed E-state index contributed by atoms with van der Waals surface area (Å²) in [5, 5.41) is 1.92. The molecule has 0 heterocycles. The van der Waals surface area contributed by atoms with Crippen LogP contribution in [0.25, 0.3) is 10.8 Å². The van der Waals surface area contributed by atoms with Crippen LogP contribution in [0.4, 0.5) is 10.1 Å². The maximum atomic E-state index is 12.7. The molecule has 0 amide bonds. The van der Waals surface area contributed by atoms with Gasteiger partial charge in [-0.25, -0.2) is 4.39 Å². The van der Waals surface area contributed by atoms with Crippen LogP contribution in [-0.4, -0.2) is 0 Å². The van der Waals surface area contributed by atoms with Crippen molar-refractivity contribution in [3.8, 4) is 0 Å². The molecule has 0 aliphatic rings. The van der Waals surface area contributed by atoms with Crippen LogP contribution < -0.4 is 5.73 Å². The van der Waals surface area contributed by atoms with E-state index in [1.54, 1.807) is 6.07 Å². The Bertz CT molecular complexity index is 423. The van der Waals surface area contributed by atoms with Gasteiger partial charge in [-0.1, -0.05) is 12.1 Å². The van der Waals surface area contributed by atoms with Crippen molar-refractivity contribution >= 4 is 16.5 Å². The highest BCUT2D eigenvalue weighted by Gasteiger charge is 1.99. The molecule has 2 heteroatoms. The van der Waals surface area contributed by atoms with Crippen molar-refractivity contribution in [2.24, 2.45) is 0 Å². The van der Waals surface area contributed by atoms with Crippen molar-refractivity contribution in [1.29, 1.82) is 0 Å². The lowest BCUT2D eigenvalue weighted by Gasteiger charge is -1.97. The Balaban J connectivity index is 2.86. The second-order valence-electron chi connectivity index (χ2n) is 2.78. The van der Waals surface area contributed by atoms with Gasteiger partial charge in [0.1, 0.15) is 11.5 Å². The van der Waals surface area contributed by atoms with Crippen LogP contribution in [0.15, 0.2) is 36.4 Å². The molecule has 0 spiro atoms. The van der Waals surface area contributed by atoms with E-state index in [0.717, 1.165) is 16.5 Å². The van der Waals surface area contributed by atoms with Crippen molar-refractivity contribution in [2.75, 3.05) is 0 Å². The second-order valence-corrected chi connectivity index (χ2v) is 2.78. The van der Waals surface area contributed by atoms with E-state index in [9.17, 15) is 4.39 Å². The molecule has 0 saturated heterocycles. The Morgan fingerprint density at radius 1 is 1.08 bits per heavy atom. The molecule has 0 aromatic heterocycles. The monoisotopic (exact) mass is 162 g/mol. The number of halogens is 1. The van der Waals surface area contributed by atoms with Gasteiger partial charge in [-0.05, 0) is 29.7 Å². The van der Waals surface area contributed by atoms with Crippen LogP contribution in [0.3, 0.4) is 0 Å². The Kier molecular flexibility index (Phi) is 1.55. The summed E-state index contributed by atoms with van der Waals surface area (Å²) in [5.41, 5.74) is 4.79. The van der Waals surface area contributed by atoms with Gasteiger partial charge in [-0.2, -0.15) is 0 Å². The highest BCUT2D eigenvalue weighted by Crippen LogP contribution is 2.19. The van der Waals surface area contributed by atoms with Gasteiger partial charge in [0.05, 0.1) is 0 Å². The summed E-state index contributed by atoms with van der Waals surface area (Å²) in [6.07, 6.45) is 0. The molecular formula is C10H9FN+. The van der Waals surface area contributed by atoms with Crippen LogP contribution in [0.1, 0.15) is 0 Å². The summed E-state index contributed by atoms with van der Waals surface area (Å²) in [7, 11) is 0. The van der Waals surface area contributed by atoms with Gasteiger partial charge in [0.15, 0.2) is 0 Å². The van der Waals surface area contributed by atoms with E-state index in [1.807, 2.05) is 18.2 Å². The minimum Gasteiger partial charge on any atom is -0.325 e. The fourth-order valence-electron chi connectivity index (χ4n) is 1.32. The minimum absolute atomic E-state index is 0.201. The molecule has 0 fully saturated rings. The number of rotatable bonds is 0. The molecule has 0 aliphatic carbocycles. The second kappa shape index (κ2) is 2.57. The molecule has 0 saturated carbocycles. The third kappa shape index (κ3) is 1.06. The van der Waals surface area contributed by atoms with Crippen LogP contribution >= 0.6 is 0 Å². The zero-order valence-corrected chi connectivity index (χ0v) is 6.55. The maximum absolute atomic E-state index is 12.7. The van der Waals surface area contributed by atoms with E-state index in [0.29, 0.717) is 0 Å². The average Bonchev–Trinajstić information content (AvgIpc) is 2.04. The summed E-state index contributed by atoms with van der Waals surface area (Å²) in [4.78, 5) is 0. The van der Waals surface area contributed by atoms with Crippen molar-refractivity contribution in [1.82, 2.24) is 0 Å². The molecule has 0 atom stereocenters. The van der Waals surface area contributed by atoms with Crippen LogP contribution in [0.5, 0.6) is 0 Å². The first-order valence-corrected chi connectivity index (χ1v) is 3.77. The number of fused-ring (bicyclic) bond motifs is 1. The average molecular weight is 162 g/mol. The quantitative estimate of drug-likeness (QED) is 0.612. The third-order valence-corrected chi connectivity index (χ3v) is 1.93. The predicted molar refractivity (Wildman–Crippen MR) is 46.5 cm³/mol. The van der Waals surface area contributed by atoms with Gasteiger partial charge in [0, 0.05) is 5.39 Å². The lowest BCUT2D eigenvalue weighted by Crippen LogP contribution is -2.40. The van der Waals surface area contributed by atoms with Gasteiger partial charge in [0.25, 0.3) is 0 Å². The molecule has 12 heavy (non-hydrogen) atoms. The fraction of sp³-hybridized carbons (Fsp3) is 0. The van der Waals surface area contributed by atoms with Crippen molar-refractivity contribution in [2.45, 2.75) is 0 Å². The normalized spacial score (nSPS) is 10.5. The lowest BCUT2D eigenvalue weighted by atomic mass is 10.1. The van der Waals surface area contributed by atoms with Gasteiger partial charge < -0.3 is 5.73 Å². The Hall–Kier alpha value is -1.41. The van der Waals surface area contributed by atoms with Crippen LogP contribution in [-0.2, 0) is 0 Å². The van der Waals surface area contributed by atoms with Gasteiger partial charge in [-0.15, -0.1) is 0 Å². The lowest BCUT2D eigenvalue weighted by molar-refractivity contribution is -0.252. The summed E-state index contributed by atoms with van der Waals surface area (Å²) in [5.74, 6) is -0.201. The van der Waals surface area contributed by atoms with E-state index < -0.39 is 0 Å². The fourth-order valence-corrected chi connectivity index (χ4v) is 1.32. The van der Waals surface area contributed by atoms with Crippen LogP contribution in [0, 0.1) is 5.82 Å². The molecule has 3 N–H and O–H groups in total. The van der Waals surface area contributed by atoms with Gasteiger partial charge >= 0.3 is 0 Å². The summed E-state index contributed by atoms with van der Waals surface area (Å²) < 4.78 is 12.7. The zero-order chi connectivity index (χ0) is 8.55.